The number of terminal acetylenes is 1. The van der Waals surface area contributed by atoms with E-state index in [0.29, 0.717) is 0 Å². The van der Waals surface area contributed by atoms with E-state index in [-0.39, 0.29) is 5.92 Å². The molecule has 0 nitrogen and oxygen atoms in total. The van der Waals surface area contributed by atoms with Crippen LogP contribution in [0.3, 0.4) is 0 Å². The zero-order chi connectivity index (χ0) is 10.3. The lowest BCUT2D eigenvalue weighted by Crippen LogP contribution is -2.09. The normalized spacial score (nSPS) is 17.7. The number of hydrogen-bond acceptors (Lipinski definition) is 1. The Bertz CT molecular complexity index is 542. The van der Waals surface area contributed by atoms with Crippen LogP contribution in [-0.2, 0) is 6.42 Å². The highest BCUT2D eigenvalue weighted by atomic mass is 32.1. The first-order chi connectivity index (χ1) is 7.40. The highest BCUT2D eigenvalue weighted by Crippen LogP contribution is 2.38. The van der Waals surface area contributed by atoms with Gasteiger partial charge in [0.25, 0.3) is 0 Å². The lowest BCUT2D eigenvalue weighted by molar-refractivity contribution is 0.965. The summed E-state index contributed by atoms with van der Waals surface area (Å²) in [7, 11) is 0. The molecule has 2 aromatic rings. The lowest BCUT2D eigenvalue weighted by Gasteiger charge is -2.21. The van der Waals surface area contributed by atoms with Crippen molar-refractivity contribution in [3.8, 4) is 12.3 Å². The van der Waals surface area contributed by atoms with Crippen molar-refractivity contribution in [2.75, 3.05) is 0 Å². The van der Waals surface area contributed by atoms with Crippen LogP contribution < -0.4 is 0 Å². The van der Waals surface area contributed by atoms with E-state index in [1.54, 1.807) is 11.3 Å². The maximum absolute atomic E-state index is 5.65. The molecule has 0 amide bonds. The predicted molar refractivity (Wildman–Crippen MR) is 64.2 cm³/mol. The molecule has 3 rings (SSSR count). The molecule has 0 radical (unpaired) electrons. The Hall–Kier alpha value is -1.52. The SMILES string of the molecule is C#C[C@@H]1c2ccccc2Cc2ccsc21. The van der Waals surface area contributed by atoms with Gasteiger partial charge in [0.05, 0.1) is 5.92 Å². The van der Waals surface area contributed by atoms with Crippen LogP contribution in [0.2, 0.25) is 0 Å². The number of thiophene rings is 1. The molecular formula is C14H10S. The molecule has 0 fully saturated rings. The maximum atomic E-state index is 5.65. The third kappa shape index (κ3) is 1.22. The molecule has 0 spiro atoms. The molecule has 1 heteroatoms. The van der Waals surface area contributed by atoms with Crippen molar-refractivity contribution in [2.24, 2.45) is 0 Å². The minimum absolute atomic E-state index is 0.171. The van der Waals surface area contributed by atoms with Crippen molar-refractivity contribution in [3.05, 3.63) is 57.3 Å². The molecule has 0 unspecified atom stereocenters. The minimum atomic E-state index is 0.171. The second kappa shape index (κ2) is 3.25. The molecule has 1 aliphatic rings. The van der Waals surface area contributed by atoms with Gasteiger partial charge in [0.15, 0.2) is 0 Å². The summed E-state index contributed by atoms with van der Waals surface area (Å²) in [6, 6.07) is 10.7. The Morgan fingerprint density at radius 2 is 2.07 bits per heavy atom. The van der Waals surface area contributed by atoms with E-state index in [2.05, 4.69) is 41.6 Å². The zero-order valence-corrected chi connectivity index (χ0v) is 9.05. The van der Waals surface area contributed by atoms with Crippen LogP contribution in [0.5, 0.6) is 0 Å². The van der Waals surface area contributed by atoms with Gasteiger partial charge < -0.3 is 0 Å². The molecule has 1 aromatic carbocycles. The quantitative estimate of drug-likeness (QED) is 0.584. The third-order valence-corrected chi connectivity index (χ3v) is 3.98. The van der Waals surface area contributed by atoms with E-state index in [4.69, 9.17) is 6.42 Å². The summed E-state index contributed by atoms with van der Waals surface area (Å²) in [5.41, 5.74) is 4.10. The molecular weight excluding hydrogens is 200 g/mol. The molecule has 15 heavy (non-hydrogen) atoms. The van der Waals surface area contributed by atoms with Gasteiger partial charge in [-0.3, -0.25) is 0 Å². The number of rotatable bonds is 0. The molecule has 0 N–H and O–H groups in total. The summed E-state index contributed by atoms with van der Waals surface area (Å²) in [5.74, 6) is 3.08. The van der Waals surface area contributed by atoms with E-state index in [9.17, 15) is 0 Å². The Balaban J connectivity index is 2.24. The molecule has 72 valence electrons. The summed E-state index contributed by atoms with van der Waals surface area (Å²) in [4.78, 5) is 1.36. The van der Waals surface area contributed by atoms with Crippen molar-refractivity contribution in [2.45, 2.75) is 12.3 Å². The van der Waals surface area contributed by atoms with Crippen molar-refractivity contribution in [1.29, 1.82) is 0 Å². The van der Waals surface area contributed by atoms with Crippen LogP contribution in [0.15, 0.2) is 35.7 Å². The van der Waals surface area contributed by atoms with E-state index in [1.807, 2.05) is 0 Å². The van der Waals surface area contributed by atoms with Crippen LogP contribution in [-0.4, -0.2) is 0 Å². The van der Waals surface area contributed by atoms with Crippen molar-refractivity contribution in [3.63, 3.8) is 0 Å². The molecule has 1 heterocycles. The fourth-order valence-electron chi connectivity index (χ4n) is 2.24. The fourth-order valence-corrected chi connectivity index (χ4v) is 3.24. The number of benzene rings is 1. The first kappa shape index (κ1) is 8.76. The van der Waals surface area contributed by atoms with Crippen molar-refractivity contribution in [1.82, 2.24) is 0 Å². The number of hydrogen-bond donors (Lipinski definition) is 0. The Kier molecular flexibility index (Phi) is 1.90. The van der Waals surface area contributed by atoms with Gasteiger partial charge in [0.2, 0.25) is 0 Å². The second-order valence-corrected chi connectivity index (χ2v) is 4.73. The molecule has 0 aliphatic heterocycles. The first-order valence-corrected chi connectivity index (χ1v) is 5.88. The van der Waals surface area contributed by atoms with Gasteiger partial charge in [0.1, 0.15) is 0 Å². The third-order valence-electron chi connectivity index (χ3n) is 2.96. The lowest BCUT2D eigenvalue weighted by atomic mass is 9.84. The Morgan fingerprint density at radius 3 is 2.93 bits per heavy atom. The van der Waals surface area contributed by atoms with Gasteiger partial charge in [-0.2, -0.15) is 0 Å². The highest BCUT2D eigenvalue weighted by molar-refractivity contribution is 7.10. The van der Waals surface area contributed by atoms with Gasteiger partial charge >= 0.3 is 0 Å². The van der Waals surface area contributed by atoms with Crippen LogP contribution >= 0.6 is 11.3 Å². The maximum Gasteiger partial charge on any atom is 0.0798 e. The molecule has 0 bridgehead atoms. The van der Waals surface area contributed by atoms with Gasteiger partial charge in [-0.05, 0) is 34.6 Å². The molecule has 1 aliphatic carbocycles. The molecule has 0 saturated carbocycles. The first-order valence-electron chi connectivity index (χ1n) is 5.00. The smallest absolute Gasteiger partial charge is 0.0798 e. The van der Waals surface area contributed by atoms with Gasteiger partial charge in [-0.25, -0.2) is 0 Å². The molecule has 0 saturated heterocycles. The zero-order valence-electron chi connectivity index (χ0n) is 8.23. The van der Waals surface area contributed by atoms with Crippen molar-refractivity contribution < 1.29 is 0 Å². The van der Waals surface area contributed by atoms with Gasteiger partial charge in [0, 0.05) is 4.88 Å². The average Bonchev–Trinajstić information content (AvgIpc) is 2.73. The van der Waals surface area contributed by atoms with Crippen molar-refractivity contribution >= 4 is 11.3 Å². The standard InChI is InChI=1S/C14H10S/c1-2-12-13-6-4-3-5-10(13)9-11-7-8-15-14(11)12/h1,3-8,12H,9H2/t12-/m1/s1. The monoisotopic (exact) mass is 210 g/mol. The highest BCUT2D eigenvalue weighted by Gasteiger charge is 2.24. The topological polar surface area (TPSA) is 0 Å². The molecule has 1 atom stereocenters. The van der Waals surface area contributed by atoms with Gasteiger partial charge in [-0.15, -0.1) is 17.8 Å². The van der Waals surface area contributed by atoms with E-state index >= 15 is 0 Å². The summed E-state index contributed by atoms with van der Waals surface area (Å²) >= 11 is 1.78. The Labute approximate surface area is 93.6 Å². The second-order valence-electron chi connectivity index (χ2n) is 3.79. The van der Waals surface area contributed by atoms with Gasteiger partial charge in [-0.1, -0.05) is 30.2 Å². The fraction of sp³-hybridized carbons (Fsp3) is 0.143. The summed E-state index contributed by atoms with van der Waals surface area (Å²) in [6.45, 7) is 0. The van der Waals surface area contributed by atoms with Crippen LogP contribution in [0, 0.1) is 12.3 Å². The van der Waals surface area contributed by atoms with E-state index in [0.717, 1.165) is 6.42 Å². The summed E-state index contributed by atoms with van der Waals surface area (Å²) in [6.07, 6.45) is 6.68. The van der Waals surface area contributed by atoms with Crippen LogP contribution in [0.1, 0.15) is 27.5 Å². The predicted octanol–water partition coefficient (Wildman–Crippen LogP) is 3.42. The summed E-state index contributed by atoms with van der Waals surface area (Å²) in [5, 5.41) is 2.14. The van der Waals surface area contributed by atoms with Crippen LogP contribution in [0.4, 0.5) is 0 Å². The van der Waals surface area contributed by atoms with E-state index < -0.39 is 0 Å². The summed E-state index contributed by atoms with van der Waals surface area (Å²) < 4.78 is 0. The van der Waals surface area contributed by atoms with Crippen LogP contribution in [0.25, 0.3) is 0 Å². The Morgan fingerprint density at radius 1 is 1.20 bits per heavy atom. The number of fused-ring (bicyclic) bond motifs is 2. The average molecular weight is 210 g/mol. The van der Waals surface area contributed by atoms with E-state index in [1.165, 1.54) is 21.6 Å². The minimum Gasteiger partial charge on any atom is -0.147 e. The molecule has 1 aromatic heterocycles. The largest absolute Gasteiger partial charge is 0.147 e.